The first-order valence-corrected chi connectivity index (χ1v) is 9.06. The molecule has 0 unspecified atom stereocenters. The van der Waals surface area contributed by atoms with Gasteiger partial charge in [0.25, 0.3) is 0 Å². The van der Waals surface area contributed by atoms with Gasteiger partial charge in [0.15, 0.2) is 0 Å². The predicted octanol–water partition coefficient (Wildman–Crippen LogP) is 5.10. The number of alkyl halides is 2. The first-order valence-electron chi connectivity index (χ1n) is 9.06. The SMILES string of the molecule is Cl.Fc1ccc2cnccc2c1CN[C@@H]1CC[C@H]1Oc1ccc(OC(F)F)cc1. The van der Waals surface area contributed by atoms with Crippen LogP contribution in [-0.4, -0.2) is 23.7 Å². The number of hydrogen-bond acceptors (Lipinski definition) is 4. The van der Waals surface area contributed by atoms with Gasteiger partial charge < -0.3 is 14.8 Å². The van der Waals surface area contributed by atoms with Crippen LogP contribution in [0.1, 0.15) is 18.4 Å². The summed E-state index contributed by atoms with van der Waals surface area (Å²) in [7, 11) is 0. The van der Waals surface area contributed by atoms with E-state index < -0.39 is 6.61 Å². The second-order valence-corrected chi connectivity index (χ2v) is 6.69. The zero-order chi connectivity index (χ0) is 19.5. The third kappa shape index (κ3) is 4.92. The quantitative estimate of drug-likeness (QED) is 0.573. The van der Waals surface area contributed by atoms with Crippen molar-refractivity contribution >= 4 is 23.2 Å². The van der Waals surface area contributed by atoms with Crippen LogP contribution in [0.4, 0.5) is 13.2 Å². The van der Waals surface area contributed by atoms with E-state index in [1.807, 2.05) is 6.07 Å². The van der Waals surface area contributed by atoms with Gasteiger partial charge in [0.1, 0.15) is 23.4 Å². The van der Waals surface area contributed by atoms with Crippen molar-refractivity contribution in [1.82, 2.24) is 10.3 Å². The molecule has 1 aromatic heterocycles. The highest BCUT2D eigenvalue weighted by atomic mass is 35.5. The zero-order valence-corrected chi connectivity index (χ0v) is 16.2. The highest BCUT2D eigenvalue weighted by Gasteiger charge is 2.32. The maximum absolute atomic E-state index is 14.3. The lowest BCUT2D eigenvalue weighted by atomic mass is 9.88. The minimum Gasteiger partial charge on any atom is -0.489 e. The highest BCUT2D eigenvalue weighted by Crippen LogP contribution is 2.29. The van der Waals surface area contributed by atoms with Crippen LogP contribution >= 0.6 is 12.4 Å². The van der Waals surface area contributed by atoms with Crippen LogP contribution in [-0.2, 0) is 6.54 Å². The first-order chi connectivity index (χ1) is 13.6. The molecule has 1 saturated carbocycles. The second-order valence-electron chi connectivity index (χ2n) is 6.69. The third-order valence-corrected chi connectivity index (χ3v) is 4.96. The second kappa shape index (κ2) is 9.33. The van der Waals surface area contributed by atoms with Crippen LogP contribution in [0.15, 0.2) is 54.9 Å². The summed E-state index contributed by atoms with van der Waals surface area (Å²) < 4.78 is 49.0. The largest absolute Gasteiger partial charge is 0.489 e. The van der Waals surface area contributed by atoms with Crippen molar-refractivity contribution in [2.75, 3.05) is 0 Å². The monoisotopic (exact) mass is 424 g/mol. The average Bonchev–Trinajstić information content (AvgIpc) is 2.68. The standard InChI is InChI=1S/C21H19F3N2O2.ClH/c22-18-6-1-13-11-25-10-9-16(13)17(18)12-26-19-7-8-20(19)27-14-2-4-15(5-3-14)28-21(23)24;/h1-6,9-11,19-21,26H,7-8,12H2;1H/t19-,20-;/m1./s1. The van der Waals surface area contributed by atoms with Gasteiger partial charge in [-0.2, -0.15) is 8.78 Å². The van der Waals surface area contributed by atoms with E-state index in [9.17, 15) is 13.2 Å². The van der Waals surface area contributed by atoms with Crippen LogP contribution in [0, 0.1) is 5.82 Å². The van der Waals surface area contributed by atoms with Gasteiger partial charge in [-0.25, -0.2) is 4.39 Å². The molecule has 4 rings (SSSR count). The molecule has 0 saturated heterocycles. The Balaban J connectivity index is 0.00000240. The van der Waals surface area contributed by atoms with E-state index in [0.717, 1.165) is 23.6 Å². The Bertz CT molecular complexity index is 956. The Morgan fingerprint density at radius 2 is 1.79 bits per heavy atom. The molecule has 2 atom stereocenters. The summed E-state index contributed by atoms with van der Waals surface area (Å²) in [6.45, 7) is -2.46. The highest BCUT2D eigenvalue weighted by molar-refractivity contribution is 5.85. The Kier molecular flexibility index (Phi) is 6.82. The third-order valence-electron chi connectivity index (χ3n) is 4.96. The molecular weight excluding hydrogens is 405 g/mol. The Morgan fingerprint density at radius 3 is 2.48 bits per heavy atom. The van der Waals surface area contributed by atoms with Crippen molar-refractivity contribution in [2.24, 2.45) is 0 Å². The minimum absolute atomic E-state index is 0. The van der Waals surface area contributed by atoms with Crippen molar-refractivity contribution in [2.45, 2.75) is 38.1 Å². The van der Waals surface area contributed by atoms with Crippen molar-refractivity contribution in [3.8, 4) is 11.5 Å². The molecule has 0 amide bonds. The maximum Gasteiger partial charge on any atom is 0.387 e. The normalized spacial score (nSPS) is 18.2. The predicted molar refractivity (Wildman–Crippen MR) is 106 cm³/mol. The molecule has 29 heavy (non-hydrogen) atoms. The molecular formula is C21H20ClF3N2O2. The van der Waals surface area contributed by atoms with E-state index in [1.54, 1.807) is 30.6 Å². The molecule has 1 heterocycles. The summed E-state index contributed by atoms with van der Waals surface area (Å²) >= 11 is 0. The lowest BCUT2D eigenvalue weighted by Gasteiger charge is -2.37. The summed E-state index contributed by atoms with van der Waals surface area (Å²) in [6.07, 6.45) is 5.11. The van der Waals surface area contributed by atoms with Gasteiger partial charge in [0, 0.05) is 35.9 Å². The summed E-state index contributed by atoms with van der Waals surface area (Å²) in [5, 5.41) is 5.10. The maximum atomic E-state index is 14.3. The molecule has 3 aromatic rings. The van der Waals surface area contributed by atoms with Crippen LogP contribution in [0.3, 0.4) is 0 Å². The van der Waals surface area contributed by atoms with E-state index in [4.69, 9.17) is 4.74 Å². The number of fused-ring (bicyclic) bond motifs is 1. The number of hydrogen-bond donors (Lipinski definition) is 1. The summed E-state index contributed by atoms with van der Waals surface area (Å²) in [4.78, 5) is 4.07. The fourth-order valence-electron chi connectivity index (χ4n) is 3.34. The number of benzene rings is 2. The minimum atomic E-state index is -2.85. The Hall–Kier alpha value is -2.51. The van der Waals surface area contributed by atoms with E-state index in [0.29, 0.717) is 17.9 Å². The van der Waals surface area contributed by atoms with Crippen molar-refractivity contribution in [3.63, 3.8) is 0 Å². The molecule has 154 valence electrons. The van der Waals surface area contributed by atoms with Crippen LogP contribution in [0.5, 0.6) is 11.5 Å². The lowest BCUT2D eigenvalue weighted by molar-refractivity contribution is -0.0499. The van der Waals surface area contributed by atoms with Crippen molar-refractivity contribution < 1.29 is 22.6 Å². The number of nitrogens with zero attached hydrogens (tertiary/aromatic N) is 1. The van der Waals surface area contributed by atoms with Crippen LogP contribution in [0.25, 0.3) is 10.8 Å². The van der Waals surface area contributed by atoms with Crippen LogP contribution in [0.2, 0.25) is 0 Å². The number of aromatic nitrogens is 1. The number of halogens is 4. The Labute approximate surface area is 172 Å². The topological polar surface area (TPSA) is 43.4 Å². The van der Waals surface area contributed by atoms with E-state index in [2.05, 4.69) is 15.0 Å². The van der Waals surface area contributed by atoms with E-state index in [-0.39, 0.29) is 36.1 Å². The molecule has 4 nitrogen and oxygen atoms in total. The number of nitrogens with one attached hydrogen (secondary N) is 1. The van der Waals surface area contributed by atoms with Crippen molar-refractivity contribution in [1.29, 1.82) is 0 Å². The van der Waals surface area contributed by atoms with Gasteiger partial charge in [-0.05, 0) is 60.7 Å². The molecule has 0 spiro atoms. The van der Waals surface area contributed by atoms with Crippen LogP contribution < -0.4 is 14.8 Å². The Morgan fingerprint density at radius 1 is 1.03 bits per heavy atom. The molecule has 1 N–H and O–H groups in total. The molecule has 0 aliphatic heterocycles. The first kappa shape index (κ1) is 21.2. The molecule has 1 aliphatic rings. The van der Waals surface area contributed by atoms with Gasteiger partial charge in [0.05, 0.1) is 0 Å². The average molecular weight is 425 g/mol. The zero-order valence-electron chi connectivity index (χ0n) is 15.4. The van der Waals surface area contributed by atoms with Gasteiger partial charge in [0.2, 0.25) is 0 Å². The molecule has 8 heteroatoms. The summed E-state index contributed by atoms with van der Waals surface area (Å²) in [6, 6.07) is 11.2. The van der Waals surface area contributed by atoms with Gasteiger partial charge in [-0.15, -0.1) is 12.4 Å². The van der Waals surface area contributed by atoms with E-state index >= 15 is 0 Å². The van der Waals surface area contributed by atoms with E-state index in [1.165, 1.54) is 18.2 Å². The van der Waals surface area contributed by atoms with Gasteiger partial charge >= 0.3 is 6.61 Å². The smallest absolute Gasteiger partial charge is 0.387 e. The molecule has 0 radical (unpaired) electrons. The van der Waals surface area contributed by atoms with Gasteiger partial charge in [-0.1, -0.05) is 0 Å². The molecule has 1 fully saturated rings. The number of pyridine rings is 1. The molecule has 0 bridgehead atoms. The lowest BCUT2D eigenvalue weighted by Crippen LogP contribution is -2.50. The van der Waals surface area contributed by atoms with Crippen molar-refractivity contribution in [3.05, 3.63) is 66.2 Å². The fraction of sp³-hybridized carbons (Fsp3) is 0.286. The summed E-state index contributed by atoms with van der Waals surface area (Å²) in [5.41, 5.74) is 0.610. The summed E-state index contributed by atoms with van der Waals surface area (Å²) in [5.74, 6) is 0.421. The molecule has 1 aliphatic carbocycles. The molecule has 2 aromatic carbocycles. The fourth-order valence-corrected chi connectivity index (χ4v) is 3.34. The van der Waals surface area contributed by atoms with Gasteiger partial charge in [-0.3, -0.25) is 4.98 Å². The number of ether oxygens (including phenoxy) is 2. The number of rotatable bonds is 7.